The number of para-hydroxylation sites is 1. The van der Waals surface area contributed by atoms with Crippen LogP contribution in [0.1, 0.15) is 31.4 Å². The molecule has 0 aromatic heterocycles. The number of hydrogen-bond donors (Lipinski definition) is 1. The summed E-state index contributed by atoms with van der Waals surface area (Å²) in [5.74, 6) is -0.0164. The van der Waals surface area contributed by atoms with Crippen LogP contribution in [0, 0.1) is 6.92 Å². The number of amides is 2. The highest BCUT2D eigenvalue weighted by atomic mass is 35.5. The third kappa shape index (κ3) is 6.27. The topological polar surface area (TPSA) is 58.6 Å². The average Bonchev–Trinajstić information content (AvgIpc) is 2.69. The first-order chi connectivity index (χ1) is 13.4. The Kier molecular flexibility index (Phi) is 8.33. The number of rotatable bonds is 9. The molecule has 0 heterocycles. The smallest absolute Gasteiger partial charge is 0.261 e. The van der Waals surface area contributed by atoms with Gasteiger partial charge in [-0.1, -0.05) is 60.5 Å². The Balaban J connectivity index is 2.14. The Morgan fingerprint density at radius 1 is 1.18 bits per heavy atom. The predicted octanol–water partition coefficient (Wildman–Crippen LogP) is 3.97. The number of nitrogens with one attached hydrogen (secondary N) is 1. The van der Waals surface area contributed by atoms with Gasteiger partial charge in [0, 0.05) is 13.1 Å². The van der Waals surface area contributed by atoms with Crippen LogP contribution in [-0.2, 0) is 16.1 Å². The second kappa shape index (κ2) is 10.7. The first-order valence-electron chi connectivity index (χ1n) is 9.42. The van der Waals surface area contributed by atoms with Crippen LogP contribution < -0.4 is 10.1 Å². The van der Waals surface area contributed by atoms with Gasteiger partial charge in [0.1, 0.15) is 11.8 Å². The van der Waals surface area contributed by atoms with Crippen molar-refractivity contribution in [3.8, 4) is 5.75 Å². The third-order valence-corrected chi connectivity index (χ3v) is 4.65. The van der Waals surface area contributed by atoms with Gasteiger partial charge in [-0.05, 0) is 38.0 Å². The number of carbonyl (C=O) groups excluding carboxylic acids is 2. The Morgan fingerprint density at radius 2 is 1.93 bits per heavy atom. The van der Waals surface area contributed by atoms with Crippen LogP contribution in [0.2, 0.25) is 5.02 Å². The maximum absolute atomic E-state index is 12.9. The van der Waals surface area contributed by atoms with Crippen molar-refractivity contribution in [1.29, 1.82) is 0 Å². The van der Waals surface area contributed by atoms with Gasteiger partial charge in [0.15, 0.2) is 6.61 Å². The molecule has 0 unspecified atom stereocenters. The van der Waals surface area contributed by atoms with Gasteiger partial charge in [0.2, 0.25) is 5.91 Å². The van der Waals surface area contributed by atoms with Gasteiger partial charge >= 0.3 is 0 Å². The molecule has 5 nitrogen and oxygen atoms in total. The SMILES string of the molecule is CCCNC(=O)[C@@H](C)N(Cc1cccc(C)c1)C(=O)COc1ccccc1Cl. The second-order valence-electron chi connectivity index (χ2n) is 6.70. The highest BCUT2D eigenvalue weighted by Gasteiger charge is 2.26. The molecular formula is C22H27ClN2O3. The maximum atomic E-state index is 12.9. The molecule has 2 aromatic rings. The van der Waals surface area contributed by atoms with E-state index in [1.807, 2.05) is 38.1 Å². The molecule has 2 amide bonds. The van der Waals surface area contributed by atoms with Crippen molar-refractivity contribution in [1.82, 2.24) is 10.2 Å². The first kappa shape index (κ1) is 21.8. The van der Waals surface area contributed by atoms with Crippen molar-refractivity contribution in [3.05, 3.63) is 64.7 Å². The fraction of sp³-hybridized carbons (Fsp3) is 0.364. The summed E-state index contributed by atoms with van der Waals surface area (Å²) in [7, 11) is 0. The zero-order valence-electron chi connectivity index (χ0n) is 16.6. The molecule has 28 heavy (non-hydrogen) atoms. The fourth-order valence-electron chi connectivity index (χ4n) is 2.77. The summed E-state index contributed by atoms with van der Waals surface area (Å²) >= 11 is 6.09. The molecule has 0 fully saturated rings. The lowest BCUT2D eigenvalue weighted by atomic mass is 10.1. The highest BCUT2D eigenvalue weighted by molar-refractivity contribution is 6.32. The van der Waals surface area contributed by atoms with Gasteiger partial charge in [0.25, 0.3) is 5.91 Å². The van der Waals surface area contributed by atoms with Crippen molar-refractivity contribution >= 4 is 23.4 Å². The van der Waals surface area contributed by atoms with Gasteiger partial charge in [-0.25, -0.2) is 0 Å². The molecular weight excluding hydrogens is 376 g/mol. The number of nitrogens with zero attached hydrogens (tertiary/aromatic N) is 1. The molecule has 2 rings (SSSR count). The summed E-state index contributed by atoms with van der Waals surface area (Å²) in [5, 5.41) is 3.29. The summed E-state index contributed by atoms with van der Waals surface area (Å²) in [5.41, 5.74) is 2.06. The molecule has 1 atom stereocenters. The van der Waals surface area contributed by atoms with E-state index in [1.54, 1.807) is 31.2 Å². The van der Waals surface area contributed by atoms with Crippen molar-refractivity contribution in [2.45, 2.75) is 39.8 Å². The van der Waals surface area contributed by atoms with Crippen LogP contribution in [0.4, 0.5) is 0 Å². The van der Waals surface area contributed by atoms with Gasteiger partial charge in [-0.2, -0.15) is 0 Å². The Labute approximate surface area is 171 Å². The average molecular weight is 403 g/mol. The van der Waals surface area contributed by atoms with Crippen molar-refractivity contribution in [3.63, 3.8) is 0 Å². The van der Waals surface area contributed by atoms with Crippen LogP contribution in [0.5, 0.6) is 5.75 Å². The Hall–Kier alpha value is -2.53. The van der Waals surface area contributed by atoms with Gasteiger partial charge in [-0.15, -0.1) is 0 Å². The van der Waals surface area contributed by atoms with Gasteiger partial charge in [0.05, 0.1) is 5.02 Å². The molecule has 0 bridgehead atoms. The van der Waals surface area contributed by atoms with E-state index in [1.165, 1.54) is 4.90 Å². The van der Waals surface area contributed by atoms with E-state index in [0.717, 1.165) is 17.5 Å². The molecule has 0 spiro atoms. The predicted molar refractivity (Wildman–Crippen MR) is 111 cm³/mol. The molecule has 0 radical (unpaired) electrons. The van der Waals surface area contributed by atoms with Crippen molar-refractivity contribution in [2.75, 3.05) is 13.2 Å². The van der Waals surface area contributed by atoms with E-state index < -0.39 is 6.04 Å². The molecule has 0 aliphatic carbocycles. The summed E-state index contributed by atoms with van der Waals surface area (Å²) in [6, 6.07) is 14.3. The summed E-state index contributed by atoms with van der Waals surface area (Å²) in [4.78, 5) is 26.9. The highest BCUT2D eigenvalue weighted by Crippen LogP contribution is 2.23. The van der Waals surface area contributed by atoms with E-state index >= 15 is 0 Å². The maximum Gasteiger partial charge on any atom is 0.261 e. The van der Waals surface area contributed by atoms with Crippen LogP contribution in [0.25, 0.3) is 0 Å². The largest absolute Gasteiger partial charge is 0.482 e. The summed E-state index contributed by atoms with van der Waals surface area (Å²) in [6.07, 6.45) is 0.833. The van der Waals surface area contributed by atoms with Crippen molar-refractivity contribution < 1.29 is 14.3 Å². The van der Waals surface area contributed by atoms with Crippen LogP contribution >= 0.6 is 11.6 Å². The molecule has 1 N–H and O–H groups in total. The molecule has 150 valence electrons. The normalized spacial score (nSPS) is 11.6. The number of halogens is 1. The van der Waals surface area contributed by atoms with Gasteiger partial charge < -0.3 is 15.0 Å². The van der Waals surface area contributed by atoms with Gasteiger partial charge in [-0.3, -0.25) is 9.59 Å². The monoisotopic (exact) mass is 402 g/mol. The van der Waals surface area contributed by atoms with Crippen LogP contribution in [0.15, 0.2) is 48.5 Å². The molecule has 0 saturated heterocycles. The second-order valence-corrected chi connectivity index (χ2v) is 7.10. The fourth-order valence-corrected chi connectivity index (χ4v) is 2.96. The van der Waals surface area contributed by atoms with E-state index in [4.69, 9.17) is 16.3 Å². The third-order valence-electron chi connectivity index (χ3n) is 4.34. The molecule has 0 saturated carbocycles. The zero-order chi connectivity index (χ0) is 20.5. The number of aryl methyl sites for hydroxylation is 1. The number of ether oxygens (including phenoxy) is 1. The lowest BCUT2D eigenvalue weighted by Crippen LogP contribution is -2.49. The quantitative estimate of drug-likeness (QED) is 0.690. The Morgan fingerprint density at radius 3 is 2.61 bits per heavy atom. The minimum absolute atomic E-state index is 0.180. The summed E-state index contributed by atoms with van der Waals surface area (Å²) < 4.78 is 5.60. The lowest BCUT2D eigenvalue weighted by molar-refractivity contribution is -0.142. The van der Waals surface area contributed by atoms with Crippen LogP contribution in [0.3, 0.4) is 0 Å². The zero-order valence-corrected chi connectivity index (χ0v) is 17.3. The van der Waals surface area contributed by atoms with E-state index in [-0.39, 0.29) is 18.4 Å². The molecule has 0 aliphatic rings. The standard InChI is InChI=1S/C22H27ClN2O3/c1-4-12-24-22(27)17(3)25(14-18-9-7-8-16(2)13-18)21(26)15-28-20-11-6-5-10-19(20)23/h5-11,13,17H,4,12,14-15H2,1-3H3,(H,24,27)/t17-/m1/s1. The summed E-state index contributed by atoms with van der Waals surface area (Å²) in [6.45, 7) is 6.42. The van der Waals surface area contributed by atoms with E-state index in [9.17, 15) is 9.59 Å². The first-order valence-corrected chi connectivity index (χ1v) is 9.80. The van der Waals surface area contributed by atoms with Crippen molar-refractivity contribution in [2.24, 2.45) is 0 Å². The lowest BCUT2D eigenvalue weighted by Gasteiger charge is -2.29. The number of benzene rings is 2. The minimum Gasteiger partial charge on any atom is -0.482 e. The van der Waals surface area contributed by atoms with E-state index in [2.05, 4.69) is 5.32 Å². The minimum atomic E-state index is -0.616. The number of hydrogen-bond acceptors (Lipinski definition) is 3. The Bertz CT molecular complexity index is 810. The number of carbonyl (C=O) groups is 2. The van der Waals surface area contributed by atoms with E-state index in [0.29, 0.717) is 23.9 Å². The van der Waals surface area contributed by atoms with Crippen LogP contribution in [-0.4, -0.2) is 35.9 Å². The molecule has 6 heteroatoms. The molecule has 0 aliphatic heterocycles. The molecule has 2 aromatic carbocycles.